The summed E-state index contributed by atoms with van der Waals surface area (Å²) >= 11 is 0. The summed E-state index contributed by atoms with van der Waals surface area (Å²) < 4.78 is 110. The molecule has 0 aliphatic heterocycles. The highest BCUT2D eigenvalue weighted by molar-refractivity contribution is 5.82. The van der Waals surface area contributed by atoms with E-state index in [1.807, 2.05) is 0 Å². The lowest BCUT2D eigenvalue weighted by Gasteiger charge is -2.19. The number of hydrogen-bond acceptors (Lipinski definition) is 3. The van der Waals surface area contributed by atoms with Crippen molar-refractivity contribution in [1.29, 1.82) is 0 Å². The van der Waals surface area contributed by atoms with E-state index in [-0.39, 0.29) is 24.5 Å². The first-order valence-electron chi connectivity index (χ1n) is 13.4. The predicted molar refractivity (Wildman–Crippen MR) is 93.9 cm³/mol. The predicted octanol–water partition coefficient (Wildman–Crippen LogP) is 4.55. The van der Waals surface area contributed by atoms with Crippen LogP contribution in [0.3, 0.4) is 0 Å². The Hall–Kier alpha value is -2.42. The van der Waals surface area contributed by atoms with Gasteiger partial charge >= 0.3 is 0 Å². The van der Waals surface area contributed by atoms with Gasteiger partial charge in [0.1, 0.15) is 6.33 Å². The number of benzene rings is 2. The van der Waals surface area contributed by atoms with Crippen LogP contribution in [0.1, 0.15) is 49.5 Å². The molecule has 3 nitrogen and oxygen atoms in total. The molecule has 1 aromatic heterocycles. The molecule has 2 aromatic carbocycles. The standard InChI is InChI=1S/C20H22N2O/c1-20(2,3)16-10-8-15(9-11-16)12-13-23-19-17-6-4-5-7-18(17)21-14-22-19/h4-11,14H,12-13H2,1-3H3/i1D3,2D3,3D3,8D,9D,10D,11D. The van der Waals surface area contributed by atoms with Crippen LogP contribution in [0.2, 0.25) is 0 Å². The van der Waals surface area contributed by atoms with Crippen molar-refractivity contribution in [2.75, 3.05) is 6.61 Å². The Balaban J connectivity index is 2.10. The average molecular weight is 319 g/mol. The number of ether oxygens (including phenoxy) is 1. The topological polar surface area (TPSA) is 35.0 Å². The van der Waals surface area contributed by atoms with Gasteiger partial charge in [-0.25, -0.2) is 9.97 Å². The first kappa shape index (κ1) is 6.23. The van der Waals surface area contributed by atoms with Gasteiger partial charge in [0.25, 0.3) is 0 Å². The van der Waals surface area contributed by atoms with Crippen LogP contribution in [0.15, 0.2) is 54.8 Å². The van der Waals surface area contributed by atoms with Crippen molar-refractivity contribution in [3.63, 3.8) is 0 Å². The van der Waals surface area contributed by atoms with Crippen molar-refractivity contribution in [2.24, 2.45) is 0 Å². The summed E-state index contributed by atoms with van der Waals surface area (Å²) in [6.07, 6.45) is 1.11. The van der Waals surface area contributed by atoms with Crippen molar-refractivity contribution >= 4 is 10.9 Å². The first-order chi connectivity index (χ1) is 16.5. The van der Waals surface area contributed by atoms with Crippen LogP contribution in [0.5, 0.6) is 5.88 Å². The number of aromatic nitrogens is 2. The molecule has 0 N–H and O–H groups in total. The highest BCUT2D eigenvalue weighted by atomic mass is 16.5. The largest absolute Gasteiger partial charge is 0.477 e. The second-order valence-electron chi connectivity index (χ2n) is 4.90. The van der Waals surface area contributed by atoms with E-state index in [9.17, 15) is 0 Å². The summed E-state index contributed by atoms with van der Waals surface area (Å²) in [6, 6.07) is 3.44. The van der Waals surface area contributed by atoms with Crippen LogP contribution in [-0.4, -0.2) is 16.6 Å². The fourth-order valence-electron chi connectivity index (χ4n) is 2.00. The van der Waals surface area contributed by atoms with Gasteiger partial charge in [-0.2, -0.15) is 0 Å². The fourth-order valence-corrected chi connectivity index (χ4v) is 2.00. The third kappa shape index (κ3) is 3.67. The molecule has 0 amide bonds. The first-order valence-corrected chi connectivity index (χ1v) is 6.89. The normalized spacial score (nSPS) is 21.5. The van der Waals surface area contributed by atoms with E-state index in [2.05, 4.69) is 9.97 Å². The molecule has 0 unspecified atom stereocenters. The lowest BCUT2D eigenvalue weighted by Crippen LogP contribution is -2.11. The lowest BCUT2D eigenvalue weighted by atomic mass is 9.86. The Kier molecular flexibility index (Phi) is 1.73. The third-order valence-corrected chi connectivity index (χ3v) is 3.15. The van der Waals surface area contributed by atoms with E-state index in [1.54, 1.807) is 24.3 Å². The number of rotatable bonds is 4. The molecule has 0 aliphatic rings. The molecule has 0 atom stereocenters. The molecule has 0 bridgehead atoms. The molecule has 0 fully saturated rings. The van der Waals surface area contributed by atoms with Gasteiger partial charge in [-0.05, 0) is 28.7 Å². The number of fused-ring (bicyclic) bond motifs is 1. The van der Waals surface area contributed by atoms with Crippen LogP contribution in [0.25, 0.3) is 10.9 Å². The monoisotopic (exact) mass is 319 g/mol. The van der Waals surface area contributed by atoms with E-state index < -0.39 is 55.7 Å². The molecule has 0 radical (unpaired) electrons. The van der Waals surface area contributed by atoms with E-state index in [1.165, 1.54) is 6.33 Å². The Morgan fingerprint density at radius 3 is 2.65 bits per heavy atom. The van der Waals surface area contributed by atoms with E-state index in [4.69, 9.17) is 22.6 Å². The minimum absolute atomic E-state index is 0.153. The van der Waals surface area contributed by atoms with E-state index >= 15 is 0 Å². The molecule has 3 rings (SSSR count). The Morgan fingerprint density at radius 1 is 1.09 bits per heavy atom. The van der Waals surface area contributed by atoms with Gasteiger partial charge in [-0.15, -0.1) is 0 Å². The van der Waals surface area contributed by atoms with Crippen LogP contribution in [0, 0.1) is 0 Å². The van der Waals surface area contributed by atoms with Gasteiger partial charge in [-0.3, -0.25) is 0 Å². The van der Waals surface area contributed by atoms with Gasteiger partial charge in [0, 0.05) is 18.8 Å². The maximum Gasteiger partial charge on any atom is 0.224 e. The van der Waals surface area contributed by atoms with Gasteiger partial charge in [-0.1, -0.05) is 56.9 Å². The average Bonchev–Trinajstić information content (AvgIpc) is 2.75. The number of hydrogen-bond donors (Lipinski definition) is 0. The molecule has 0 saturated heterocycles. The fraction of sp³-hybridized carbons (Fsp3) is 0.300. The van der Waals surface area contributed by atoms with Crippen molar-refractivity contribution in [3.05, 3.63) is 65.9 Å². The molecule has 3 heteroatoms. The maximum absolute atomic E-state index is 8.37. The summed E-state index contributed by atoms with van der Waals surface area (Å²) in [6.45, 7) is -11.3. The van der Waals surface area contributed by atoms with Gasteiger partial charge in [0.05, 0.1) is 23.0 Å². The summed E-state index contributed by atoms with van der Waals surface area (Å²) in [5.74, 6) is 0.221. The molecule has 0 aliphatic carbocycles. The minimum Gasteiger partial charge on any atom is -0.477 e. The molecule has 1 heterocycles. The van der Waals surface area contributed by atoms with Crippen LogP contribution in [0.4, 0.5) is 0 Å². The van der Waals surface area contributed by atoms with E-state index in [0.717, 1.165) is 0 Å². The Bertz CT molecular complexity index is 1210. The highest BCUT2D eigenvalue weighted by Crippen LogP contribution is 2.23. The minimum atomic E-state index is -3.72. The van der Waals surface area contributed by atoms with Gasteiger partial charge in [0.2, 0.25) is 5.88 Å². The highest BCUT2D eigenvalue weighted by Gasteiger charge is 2.12. The molecular weight excluding hydrogens is 284 g/mol. The van der Waals surface area contributed by atoms with Crippen LogP contribution in [-0.2, 0) is 11.8 Å². The molecule has 0 spiro atoms. The molecule has 118 valence electrons. The SMILES string of the molecule is [2H]c1c([2H])c(C(C([2H])([2H])[2H])(C([2H])([2H])[2H])C([2H])([2H])[2H])c([2H])c([2H])c1CCOc1ncnc2ccccc12. The maximum atomic E-state index is 8.37. The van der Waals surface area contributed by atoms with E-state index in [0.29, 0.717) is 10.9 Å². The summed E-state index contributed by atoms with van der Waals surface area (Å²) in [4.78, 5) is 8.17. The zero-order valence-corrected chi connectivity index (χ0v) is 12.1. The molecule has 0 saturated carbocycles. The summed E-state index contributed by atoms with van der Waals surface area (Å²) in [5.41, 5.74) is -4.42. The number of nitrogens with zero attached hydrogens (tertiary/aromatic N) is 2. The zero-order chi connectivity index (χ0) is 27.3. The van der Waals surface area contributed by atoms with Crippen LogP contribution >= 0.6 is 0 Å². The van der Waals surface area contributed by atoms with Crippen molar-refractivity contribution < 1.29 is 22.6 Å². The molecule has 23 heavy (non-hydrogen) atoms. The van der Waals surface area contributed by atoms with Crippen molar-refractivity contribution in [2.45, 2.75) is 32.4 Å². The molecular formula is C20H22N2O. The van der Waals surface area contributed by atoms with Crippen molar-refractivity contribution in [1.82, 2.24) is 9.97 Å². The Morgan fingerprint density at radius 2 is 1.87 bits per heavy atom. The van der Waals surface area contributed by atoms with Gasteiger partial charge < -0.3 is 4.74 Å². The lowest BCUT2D eigenvalue weighted by molar-refractivity contribution is 0.313. The van der Waals surface area contributed by atoms with Crippen molar-refractivity contribution in [3.8, 4) is 5.88 Å². The van der Waals surface area contributed by atoms with Gasteiger partial charge in [0.15, 0.2) is 0 Å². The second-order valence-corrected chi connectivity index (χ2v) is 4.90. The summed E-state index contributed by atoms with van der Waals surface area (Å²) in [5, 5.41) is 0.604. The quantitative estimate of drug-likeness (QED) is 0.707. The summed E-state index contributed by atoms with van der Waals surface area (Å²) in [7, 11) is 0. The second kappa shape index (κ2) is 6.37. The Labute approximate surface area is 155 Å². The molecule has 3 aromatic rings. The number of para-hydroxylation sites is 1. The smallest absolute Gasteiger partial charge is 0.224 e. The van der Waals surface area contributed by atoms with Crippen LogP contribution < -0.4 is 4.74 Å². The third-order valence-electron chi connectivity index (χ3n) is 3.15. The zero-order valence-electron chi connectivity index (χ0n) is 25.1.